The topological polar surface area (TPSA) is 62.5 Å². The van der Waals surface area contributed by atoms with E-state index in [-0.39, 0.29) is 12.5 Å². The number of alkyl halides is 1. The Morgan fingerprint density at radius 2 is 2.04 bits per heavy atom. The molecule has 3 rings (SSSR count). The van der Waals surface area contributed by atoms with Gasteiger partial charge in [-0.25, -0.2) is 13.9 Å². The number of piperidine rings is 1. The maximum absolute atomic E-state index is 15.0. The molecule has 0 aliphatic carbocycles. The van der Waals surface area contributed by atoms with E-state index in [1.807, 2.05) is 26.8 Å². The predicted octanol–water partition coefficient (Wildman–Crippen LogP) is 2.20. The Hall–Kier alpha value is -2.18. The molecule has 0 spiro atoms. The first kappa shape index (κ1) is 16.7. The van der Waals surface area contributed by atoms with Crippen LogP contribution in [0, 0.1) is 5.41 Å². The van der Waals surface area contributed by atoms with Gasteiger partial charge in [-0.05, 0) is 6.07 Å². The minimum absolute atomic E-state index is 0.0707. The number of halogens is 1. The number of hydrogen-bond acceptors (Lipinski definition) is 4. The van der Waals surface area contributed by atoms with E-state index in [0.717, 1.165) is 11.3 Å². The molecule has 0 atom stereocenters. The first-order valence-corrected chi connectivity index (χ1v) is 8.29. The number of hydrogen-bond donors (Lipinski definition) is 1. The highest BCUT2D eigenvalue weighted by Crippen LogP contribution is 2.30. The average Bonchev–Trinajstić information content (AvgIpc) is 3.01. The van der Waals surface area contributed by atoms with Crippen molar-refractivity contribution >= 4 is 17.2 Å². The monoisotopic (exact) mass is 333 g/mol. The molecule has 1 aliphatic heterocycles. The lowest BCUT2D eigenvalue weighted by molar-refractivity contribution is -0.129. The summed E-state index contributed by atoms with van der Waals surface area (Å²) in [7, 11) is 0. The number of carbonyl (C=O) groups excluding carboxylic acids is 1. The molecule has 0 bridgehead atoms. The summed E-state index contributed by atoms with van der Waals surface area (Å²) in [6, 6.07) is 1.91. The molecule has 0 unspecified atom stereocenters. The van der Waals surface area contributed by atoms with Crippen molar-refractivity contribution in [3.8, 4) is 0 Å². The maximum Gasteiger partial charge on any atom is 0.225 e. The SMILES string of the molecule is CC(C)(C)C(=O)NCC1(F)CCN(c2nccn3nccc23)CC1. The quantitative estimate of drug-likeness (QED) is 0.935. The Balaban J connectivity index is 1.63. The highest BCUT2D eigenvalue weighted by atomic mass is 19.1. The smallest absolute Gasteiger partial charge is 0.225 e. The van der Waals surface area contributed by atoms with Gasteiger partial charge < -0.3 is 10.2 Å². The van der Waals surface area contributed by atoms with Gasteiger partial charge >= 0.3 is 0 Å². The van der Waals surface area contributed by atoms with Crippen molar-refractivity contribution in [1.82, 2.24) is 19.9 Å². The molecule has 24 heavy (non-hydrogen) atoms. The first-order valence-electron chi connectivity index (χ1n) is 8.29. The van der Waals surface area contributed by atoms with Gasteiger partial charge in [0, 0.05) is 43.7 Å². The van der Waals surface area contributed by atoms with Gasteiger partial charge in [-0.2, -0.15) is 5.10 Å². The van der Waals surface area contributed by atoms with Crippen LogP contribution < -0.4 is 10.2 Å². The van der Waals surface area contributed by atoms with Crippen LogP contribution in [-0.2, 0) is 4.79 Å². The van der Waals surface area contributed by atoms with Crippen molar-refractivity contribution in [3.05, 3.63) is 24.7 Å². The third-order valence-corrected chi connectivity index (χ3v) is 4.51. The van der Waals surface area contributed by atoms with Gasteiger partial charge in [-0.15, -0.1) is 0 Å². The van der Waals surface area contributed by atoms with E-state index in [9.17, 15) is 9.18 Å². The van der Waals surface area contributed by atoms with E-state index >= 15 is 0 Å². The van der Waals surface area contributed by atoms with Gasteiger partial charge in [0.1, 0.15) is 11.2 Å². The molecule has 1 aliphatic rings. The van der Waals surface area contributed by atoms with Gasteiger partial charge in [-0.3, -0.25) is 4.79 Å². The summed E-state index contributed by atoms with van der Waals surface area (Å²) < 4.78 is 16.8. The summed E-state index contributed by atoms with van der Waals surface area (Å²) >= 11 is 0. The normalized spacial score (nSPS) is 17.9. The second kappa shape index (κ2) is 6.03. The van der Waals surface area contributed by atoms with Gasteiger partial charge in [0.05, 0.1) is 12.7 Å². The van der Waals surface area contributed by atoms with Gasteiger partial charge in [0.2, 0.25) is 5.91 Å². The van der Waals surface area contributed by atoms with Gasteiger partial charge in [0.15, 0.2) is 5.82 Å². The summed E-state index contributed by atoms with van der Waals surface area (Å²) in [6.07, 6.45) is 5.97. The molecule has 2 aromatic heterocycles. The number of nitrogens with zero attached hydrogens (tertiary/aromatic N) is 4. The second-order valence-electron chi connectivity index (χ2n) is 7.48. The fourth-order valence-electron chi connectivity index (χ4n) is 2.89. The predicted molar refractivity (Wildman–Crippen MR) is 90.7 cm³/mol. The van der Waals surface area contributed by atoms with Crippen molar-refractivity contribution in [2.75, 3.05) is 24.5 Å². The highest BCUT2D eigenvalue weighted by Gasteiger charge is 2.36. The number of aromatic nitrogens is 3. The molecule has 1 amide bonds. The molecule has 0 radical (unpaired) electrons. The maximum atomic E-state index is 15.0. The van der Waals surface area contributed by atoms with Crippen molar-refractivity contribution in [2.24, 2.45) is 5.41 Å². The zero-order valence-electron chi connectivity index (χ0n) is 14.4. The summed E-state index contributed by atoms with van der Waals surface area (Å²) in [5.41, 5.74) is -0.939. The number of fused-ring (bicyclic) bond motifs is 1. The van der Waals surface area contributed by atoms with E-state index in [2.05, 4.69) is 20.3 Å². The second-order valence-corrected chi connectivity index (χ2v) is 7.48. The van der Waals surface area contributed by atoms with E-state index < -0.39 is 11.1 Å². The third kappa shape index (κ3) is 3.34. The Labute approximate surface area is 141 Å². The van der Waals surface area contributed by atoms with Crippen LogP contribution in [0.25, 0.3) is 5.52 Å². The molecule has 3 heterocycles. The third-order valence-electron chi connectivity index (χ3n) is 4.51. The fraction of sp³-hybridized carbons (Fsp3) is 0.588. The van der Waals surface area contributed by atoms with Crippen molar-refractivity contribution < 1.29 is 9.18 Å². The van der Waals surface area contributed by atoms with Crippen LogP contribution in [0.4, 0.5) is 10.2 Å². The van der Waals surface area contributed by atoms with Crippen molar-refractivity contribution in [3.63, 3.8) is 0 Å². The van der Waals surface area contributed by atoms with Crippen LogP contribution in [0.2, 0.25) is 0 Å². The largest absolute Gasteiger partial charge is 0.355 e. The molecule has 0 aromatic carbocycles. The van der Waals surface area contributed by atoms with Crippen LogP contribution in [0.5, 0.6) is 0 Å². The summed E-state index contributed by atoms with van der Waals surface area (Å²) in [4.78, 5) is 18.5. The molecule has 6 nitrogen and oxygen atoms in total. The molecule has 1 saturated heterocycles. The average molecular weight is 333 g/mol. The molecule has 130 valence electrons. The van der Waals surface area contributed by atoms with E-state index in [1.54, 1.807) is 23.1 Å². The minimum Gasteiger partial charge on any atom is -0.355 e. The Morgan fingerprint density at radius 3 is 2.71 bits per heavy atom. The lowest BCUT2D eigenvalue weighted by atomic mass is 9.91. The summed E-state index contributed by atoms with van der Waals surface area (Å²) in [5.74, 6) is 0.712. The summed E-state index contributed by atoms with van der Waals surface area (Å²) in [6.45, 7) is 6.69. The van der Waals surface area contributed by atoms with E-state index in [4.69, 9.17) is 0 Å². The molecule has 0 saturated carbocycles. The van der Waals surface area contributed by atoms with Crippen molar-refractivity contribution in [1.29, 1.82) is 0 Å². The molecule has 7 heteroatoms. The van der Waals surface area contributed by atoms with Gasteiger partial charge in [-0.1, -0.05) is 20.8 Å². The number of rotatable bonds is 3. The molecule has 1 fully saturated rings. The van der Waals surface area contributed by atoms with Crippen LogP contribution in [0.1, 0.15) is 33.6 Å². The zero-order chi connectivity index (χ0) is 17.4. The van der Waals surface area contributed by atoms with Crippen LogP contribution >= 0.6 is 0 Å². The van der Waals surface area contributed by atoms with Crippen LogP contribution in [0.15, 0.2) is 24.7 Å². The molecule has 2 aromatic rings. The lowest BCUT2D eigenvalue weighted by Crippen LogP contribution is -2.50. The molecular weight excluding hydrogens is 309 g/mol. The lowest BCUT2D eigenvalue weighted by Gasteiger charge is -2.37. The van der Waals surface area contributed by atoms with E-state index in [1.165, 1.54) is 0 Å². The Bertz CT molecular complexity index is 728. The standard InChI is InChI=1S/C17H24FN5O/c1-16(2,3)15(24)20-12-17(18)5-9-22(10-6-17)14-13-4-7-21-23(13)11-8-19-14/h4,7-8,11H,5-6,9-10,12H2,1-3H3,(H,20,24). The van der Waals surface area contributed by atoms with Crippen LogP contribution in [-0.4, -0.2) is 45.8 Å². The summed E-state index contributed by atoms with van der Waals surface area (Å²) in [5, 5.41) is 6.95. The minimum atomic E-state index is -1.36. The zero-order valence-corrected chi connectivity index (χ0v) is 14.4. The Kier molecular flexibility index (Phi) is 4.19. The Morgan fingerprint density at radius 1 is 1.33 bits per heavy atom. The number of amides is 1. The molecular formula is C17H24FN5O. The number of anilines is 1. The number of carbonyl (C=O) groups is 1. The van der Waals surface area contributed by atoms with Crippen LogP contribution in [0.3, 0.4) is 0 Å². The molecule has 1 N–H and O–H groups in total. The fourth-order valence-corrected chi connectivity index (χ4v) is 2.89. The van der Waals surface area contributed by atoms with Crippen molar-refractivity contribution in [2.45, 2.75) is 39.3 Å². The highest BCUT2D eigenvalue weighted by molar-refractivity contribution is 5.81. The first-order chi connectivity index (χ1) is 11.3. The van der Waals surface area contributed by atoms with Gasteiger partial charge in [0.25, 0.3) is 0 Å². The number of nitrogens with one attached hydrogen (secondary N) is 1. The van der Waals surface area contributed by atoms with E-state index in [0.29, 0.717) is 25.9 Å².